The summed E-state index contributed by atoms with van der Waals surface area (Å²) < 4.78 is 40.8. The highest BCUT2D eigenvalue weighted by Gasteiger charge is 2.39. The van der Waals surface area contributed by atoms with Crippen LogP contribution in [0.15, 0.2) is 22.7 Å². The van der Waals surface area contributed by atoms with Gasteiger partial charge in [-0.15, -0.1) is 13.2 Å². The number of rotatable bonds is 4. The number of benzene rings is 1. The highest BCUT2D eigenvalue weighted by Crippen LogP contribution is 2.48. The lowest BCUT2D eigenvalue weighted by atomic mass is 9.89. The molecule has 2 aliphatic carbocycles. The standard InChI is InChI=1S/C15H17BrF3NO/c16-13-7-12(3-4-14(13)21-15(17,18)19)20-8-11-6-9-1-2-10(11)5-9/h3-4,7,9-11,20H,1-2,5-6,8H2. The first-order valence-corrected chi connectivity index (χ1v) is 7.99. The average Bonchev–Trinajstić information content (AvgIpc) is 3.00. The molecule has 2 nitrogen and oxygen atoms in total. The van der Waals surface area contributed by atoms with E-state index in [0.29, 0.717) is 10.4 Å². The van der Waals surface area contributed by atoms with Crippen LogP contribution in [0.5, 0.6) is 5.75 Å². The summed E-state index contributed by atoms with van der Waals surface area (Å²) >= 11 is 3.12. The number of ether oxygens (including phenoxy) is 1. The lowest BCUT2D eigenvalue weighted by Crippen LogP contribution is -2.20. The Kier molecular flexibility index (Phi) is 4.08. The predicted molar refractivity (Wildman–Crippen MR) is 78.3 cm³/mol. The Hall–Kier alpha value is -0.910. The van der Waals surface area contributed by atoms with Gasteiger partial charge in [-0.3, -0.25) is 0 Å². The zero-order valence-electron chi connectivity index (χ0n) is 11.4. The molecule has 0 aromatic heterocycles. The summed E-state index contributed by atoms with van der Waals surface area (Å²) in [5, 5.41) is 3.34. The molecule has 6 heteroatoms. The van der Waals surface area contributed by atoms with Gasteiger partial charge in [-0.25, -0.2) is 0 Å². The number of anilines is 1. The Balaban J connectivity index is 1.58. The van der Waals surface area contributed by atoms with Crippen molar-refractivity contribution in [2.24, 2.45) is 17.8 Å². The normalized spacial score (nSPS) is 27.9. The van der Waals surface area contributed by atoms with Gasteiger partial charge in [0.25, 0.3) is 0 Å². The summed E-state index contributed by atoms with van der Waals surface area (Å²) in [5.74, 6) is 2.22. The lowest BCUT2D eigenvalue weighted by molar-refractivity contribution is -0.274. The second-order valence-electron chi connectivity index (χ2n) is 6.01. The van der Waals surface area contributed by atoms with Gasteiger partial charge in [-0.05, 0) is 71.1 Å². The summed E-state index contributed by atoms with van der Waals surface area (Å²) in [6.45, 7) is 0.896. The molecule has 2 aliphatic rings. The molecule has 0 amide bonds. The van der Waals surface area contributed by atoms with Crippen molar-refractivity contribution in [2.45, 2.75) is 32.0 Å². The second-order valence-corrected chi connectivity index (χ2v) is 6.86. The Morgan fingerprint density at radius 3 is 2.62 bits per heavy atom. The van der Waals surface area contributed by atoms with Crippen molar-refractivity contribution in [1.29, 1.82) is 0 Å². The Morgan fingerprint density at radius 1 is 1.24 bits per heavy atom. The van der Waals surface area contributed by atoms with Gasteiger partial charge in [0, 0.05) is 12.2 Å². The molecule has 116 valence electrons. The van der Waals surface area contributed by atoms with E-state index in [1.54, 1.807) is 12.1 Å². The zero-order valence-corrected chi connectivity index (χ0v) is 13.0. The van der Waals surface area contributed by atoms with E-state index >= 15 is 0 Å². The van der Waals surface area contributed by atoms with Crippen LogP contribution in [0, 0.1) is 17.8 Å². The molecule has 0 saturated heterocycles. The number of hydrogen-bond acceptors (Lipinski definition) is 2. The minimum absolute atomic E-state index is 0.215. The molecule has 1 aromatic carbocycles. The molecule has 21 heavy (non-hydrogen) atoms. The molecule has 1 N–H and O–H groups in total. The zero-order chi connectivity index (χ0) is 15.0. The molecule has 0 spiro atoms. The maximum Gasteiger partial charge on any atom is 0.573 e. The van der Waals surface area contributed by atoms with Crippen LogP contribution >= 0.6 is 15.9 Å². The monoisotopic (exact) mass is 363 g/mol. The fourth-order valence-electron chi connectivity index (χ4n) is 3.69. The SMILES string of the molecule is FC(F)(F)Oc1ccc(NCC2CC3CCC2C3)cc1Br. The van der Waals surface area contributed by atoms with Gasteiger partial charge in [-0.1, -0.05) is 6.42 Å². The molecule has 0 radical (unpaired) electrons. The van der Waals surface area contributed by atoms with Gasteiger partial charge in [0.15, 0.2) is 0 Å². The van der Waals surface area contributed by atoms with Gasteiger partial charge < -0.3 is 10.1 Å². The molecule has 2 saturated carbocycles. The fraction of sp³-hybridized carbons (Fsp3) is 0.600. The van der Waals surface area contributed by atoms with Crippen molar-refractivity contribution in [3.8, 4) is 5.75 Å². The van der Waals surface area contributed by atoms with Crippen LogP contribution in [0.4, 0.5) is 18.9 Å². The highest BCUT2D eigenvalue weighted by molar-refractivity contribution is 9.10. The van der Waals surface area contributed by atoms with E-state index in [2.05, 4.69) is 26.0 Å². The number of hydrogen-bond donors (Lipinski definition) is 1. The Labute approximate surface area is 130 Å². The molecular weight excluding hydrogens is 347 g/mol. The van der Waals surface area contributed by atoms with E-state index in [9.17, 15) is 13.2 Å². The Morgan fingerprint density at radius 2 is 2.05 bits per heavy atom. The van der Waals surface area contributed by atoms with Crippen LogP contribution in [0.25, 0.3) is 0 Å². The van der Waals surface area contributed by atoms with Crippen molar-refractivity contribution in [3.63, 3.8) is 0 Å². The third kappa shape index (κ3) is 3.65. The summed E-state index contributed by atoms with van der Waals surface area (Å²) in [5.41, 5.74) is 0.819. The largest absolute Gasteiger partial charge is 0.573 e. The summed E-state index contributed by atoms with van der Waals surface area (Å²) in [6.07, 6.45) is 0.679. The van der Waals surface area contributed by atoms with E-state index in [0.717, 1.165) is 24.1 Å². The molecule has 1 aromatic rings. The van der Waals surface area contributed by atoms with Crippen LogP contribution in [-0.2, 0) is 0 Å². The molecule has 3 unspecified atom stereocenters. The molecule has 3 rings (SSSR count). The number of halogens is 4. The third-order valence-electron chi connectivity index (χ3n) is 4.61. The number of alkyl halides is 3. The third-order valence-corrected chi connectivity index (χ3v) is 5.23. The number of fused-ring (bicyclic) bond motifs is 2. The van der Waals surface area contributed by atoms with Crippen molar-refractivity contribution in [2.75, 3.05) is 11.9 Å². The van der Waals surface area contributed by atoms with Gasteiger partial charge in [-0.2, -0.15) is 0 Å². The minimum atomic E-state index is -4.67. The van der Waals surface area contributed by atoms with E-state index in [-0.39, 0.29) is 5.75 Å². The van der Waals surface area contributed by atoms with Gasteiger partial charge >= 0.3 is 6.36 Å². The van der Waals surface area contributed by atoms with Crippen LogP contribution in [0.2, 0.25) is 0 Å². The van der Waals surface area contributed by atoms with Crippen LogP contribution < -0.4 is 10.1 Å². The molecule has 2 bridgehead atoms. The van der Waals surface area contributed by atoms with Crippen molar-refractivity contribution in [3.05, 3.63) is 22.7 Å². The van der Waals surface area contributed by atoms with Crippen molar-refractivity contribution < 1.29 is 17.9 Å². The minimum Gasteiger partial charge on any atom is -0.405 e. The van der Waals surface area contributed by atoms with E-state index in [4.69, 9.17) is 0 Å². The maximum atomic E-state index is 12.2. The first kappa shape index (κ1) is 15.0. The van der Waals surface area contributed by atoms with Crippen molar-refractivity contribution in [1.82, 2.24) is 0 Å². The predicted octanol–water partition coefficient (Wildman–Crippen LogP) is 5.20. The van der Waals surface area contributed by atoms with Crippen LogP contribution in [0.3, 0.4) is 0 Å². The number of nitrogens with one attached hydrogen (secondary N) is 1. The topological polar surface area (TPSA) is 21.3 Å². The van der Waals surface area contributed by atoms with Gasteiger partial charge in [0.2, 0.25) is 0 Å². The van der Waals surface area contributed by atoms with E-state index < -0.39 is 6.36 Å². The summed E-state index contributed by atoms with van der Waals surface area (Å²) in [7, 11) is 0. The van der Waals surface area contributed by atoms with Gasteiger partial charge in [0.05, 0.1) is 4.47 Å². The molecular formula is C15H17BrF3NO. The molecule has 2 fully saturated rings. The molecule has 3 atom stereocenters. The van der Waals surface area contributed by atoms with Crippen LogP contribution in [-0.4, -0.2) is 12.9 Å². The quantitative estimate of drug-likeness (QED) is 0.793. The van der Waals surface area contributed by atoms with E-state index in [1.807, 2.05) is 0 Å². The highest BCUT2D eigenvalue weighted by atomic mass is 79.9. The first-order valence-electron chi connectivity index (χ1n) is 7.20. The molecule has 0 aliphatic heterocycles. The Bertz CT molecular complexity index is 520. The first-order chi connectivity index (χ1) is 9.90. The second kappa shape index (κ2) is 5.71. The molecule has 0 heterocycles. The smallest absolute Gasteiger partial charge is 0.405 e. The maximum absolute atomic E-state index is 12.2. The summed E-state index contributed by atoms with van der Waals surface area (Å²) in [4.78, 5) is 0. The van der Waals surface area contributed by atoms with Crippen molar-refractivity contribution >= 4 is 21.6 Å². The fourth-order valence-corrected chi connectivity index (χ4v) is 4.15. The van der Waals surface area contributed by atoms with Gasteiger partial charge in [0.1, 0.15) is 5.75 Å². The van der Waals surface area contributed by atoms with Crippen LogP contribution in [0.1, 0.15) is 25.7 Å². The summed E-state index contributed by atoms with van der Waals surface area (Å²) in [6, 6.07) is 4.59. The van der Waals surface area contributed by atoms with E-state index in [1.165, 1.54) is 31.7 Å². The lowest BCUT2D eigenvalue weighted by Gasteiger charge is -2.22. The average molecular weight is 364 g/mol.